The van der Waals surface area contributed by atoms with E-state index in [-0.39, 0.29) is 22.9 Å². The molecule has 0 bridgehead atoms. The summed E-state index contributed by atoms with van der Waals surface area (Å²) in [4.78, 5) is 31.8. The second kappa shape index (κ2) is 9.97. The predicted molar refractivity (Wildman–Crippen MR) is 128 cm³/mol. The average molecular weight is 479 g/mol. The van der Waals surface area contributed by atoms with Crippen molar-refractivity contribution in [2.75, 3.05) is 13.7 Å². The number of nitrogens with zero attached hydrogens (tertiary/aromatic N) is 2. The van der Waals surface area contributed by atoms with Gasteiger partial charge in [-0.25, -0.2) is 0 Å². The topological polar surface area (TPSA) is 89.0 Å². The minimum atomic E-state index is -0.809. The predicted octanol–water partition coefficient (Wildman–Crippen LogP) is 4.76. The van der Waals surface area contributed by atoms with Gasteiger partial charge in [0.15, 0.2) is 0 Å². The number of rotatable bonds is 7. The maximum absolute atomic E-state index is 13.2. The van der Waals surface area contributed by atoms with Gasteiger partial charge in [-0.05, 0) is 54.4 Å². The van der Waals surface area contributed by atoms with Crippen LogP contribution in [0.15, 0.2) is 72.6 Å². The van der Waals surface area contributed by atoms with Gasteiger partial charge in [-0.2, -0.15) is 0 Å². The van der Waals surface area contributed by atoms with Crippen LogP contribution in [0, 0.1) is 0 Å². The SMILES string of the molecule is CCOc1ccc(C(O)=C2C(=O)C(=O)N(Cc3cccnc3)[C@@H]2c2ccc(OC)cc2)cc1Cl. The Bertz CT molecular complexity index is 1240. The van der Waals surface area contributed by atoms with E-state index in [0.29, 0.717) is 29.2 Å². The molecule has 0 spiro atoms. The van der Waals surface area contributed by atoms with E-state index in [9.17, 15) is 14.7 Å². The fourth-order valence-electron chi connectivity index (χ4n) is 3.94. The summed E-state index contributed by atoms with van der Waals surface area (Å²) >= 11 is 6.30. The van der Waals surface area contributed by atoms with Crippen LogP contribution in [0.4, 0.5) is 0 Å². The van der Waals surface area contributed by atoms with Gasteiger partial charge in [0.1, 0.15) is 17.3 Å². The van der Waals surface area contributed by atoms with E-state index >= 15 is 0 Å². The lowest BCUT2D eigenvalue weighted by Gasteiger charge is -2.25. The third kappa shape index (κ3) is 4.47. The molecule has 8 heteroatoms. The van der Waals surface area contributed by atoms with Crippen molar-refractivity contribution in [3.8, 4) is 11.5 Å². The number of hydrogen-bond acceptors (Lipinski definition) is 6. The van der Waals surface area contributed by atoms with Gasteiger partial charge in [0.25, 0.3) is 11.7 Å². The largest absolute Gasteiger partial charge is 0.507 e. The number of pyridine rings is 1. The van der Waals surface area contributed by atoms with Gasteiger partial charge >= 0.3 is 0 Å². The number of benzene rings is 2. The van der Waals surface area contributed by atoms with Crippen LogP contribution >= 0.6 is 11.6 Å². The summed E-state index contributed by atoms with van der Waals surface area (Å²) in [6, 6.07) is 14.5. The van der Waals surface area contributed by atoms with Crippen LogP contribution in [-0.4, -0.2) is 40.4 Å². The lowest BCUT2D eigenvalue weighted by molar-refractivity contribution is -0.140. The van der Waals surface area contributed by atoms with Crippen molar-refractivity contribution in [1.29, 1.82) is 0 Å². The quantitative estimate of drug-likeness (QED) is 0.299. The molecule has 1 N–H and O–H groups in total. The molecule has 0 unspecified atom stereocenters. The van der Waals surface area contributed by atoms with Crippen LogP contribution in [0.3, 0.4) is 0 Å². The van der Waals surface area contributed by atoms with Gasteiger partial charge in [0.2, 0.25) is 0 Å². The van der Waals surface area contributed by atoms with Crippen molar-refractivity contribution >= 4 is 29.1 Å². The fraction of sp³-hybridized carbons (Fsp3) is 0.192. The van der Waals surface area contributed by atoms with Crippen molar-refractivity contribution < 1.29 is 24.2 Å². The molecule has 34 heavy (non-hydrogen) atoms. The molecule has 7 nitrogen and oxygen atoms in total. The summed E-state index contributed by atoms with van der Waals surface area (Å²) in [5, 5.41) is 11.5. The van der Waals surface area contributed by atoms with Crippen LogP contribution < -0.4 is 9.47 Å². The Hall–Kier alpha value is -3.84. The molecular weight excluding hydrogens is 456 g/mol. The highest BCUT2D eigenvalue weighted by atomic mass is 35.5. The average Bonchev–Trinajstić information content (AvgIpc) is 3.10. The highest BCUT2D eigenvalue weighted by Gasteiger charge is 2.46. The van der Waals surface area contributed by atoms with Gasteiger partial charge < -0.3 is 19.5 Å². The van der Waals surface area contributed by atoms with Crippen LogP contribution in [-0.2, 0) is 16.1 Å². The van der Waals surface area contributed by atoms with Crippen LogP contribution in [0.25, 0.3) is 5.76 Å². The molecule has 1 fully saturated rings. The van der Waals surface area contributed by atoms with Crippen molar-refractivity contribution in [2.24, 2.45) is 0 Å². The molecule has 3 aromatic rings. The van der Waals surface area contributed by atoms with Crippen molar-refractivity contribution in [1.82, 2.24) is 9.88 Å². The number of carbonyl (C=O) groups excluding carboxylic acids is 2. The summed E-state index contributed by atoms with van der Waals surface area (Å²) in [5.41, 5.74) is 1.71. The smallest absolute Gasteiger partial charge is 0.295 e. The molecule has 1 amide bonds. The monoisotopic (exact) mass is 478 g/mol. The van der Waals surface area contributed by atoms with Gasteiger partial charge in [-0.1, -0.05) is 29.8 Å². The molecule has 1 saturated heterocycles. The number of hydrogen-bond donors (Lipinski definition) is 1. The fourth-order valence-corrected chi connectivity index (χ4v) is 4.18. The zero-order chi connectivity index (χ0) is 24.2. The zero-order valence-electron chi connectivity index (χ0n) is 18.7. The van der Waals surface area contributed by atoms with Crippen molar-refractivity contribution in [3.05, 3.63) is 94.3 Å². The molecule has 0 saturated carbocycles. The second-order valence-corrected chi connectivity index (χ2v) is 8.05. The normalized spacial score (nSPS) is 17.1. The minimum absolute atomic E-state index is 0.0146. The lowest BCUT2D eigenvalue weighted by Crippen LogP contribution is -2.29. The number of ketones is 1. The molecule has 1 aliphatic heterocycles. The minimum Gasteiger partial charge on any atom is -0.507 e. The second-order valence-electron chi connectivity index (χ2n) is 7.64. The van der Waals surface area contributed by atoms with Gasteiger partial charge in [0, 0.05) is 24.5 Å². The van der Waals surface area contributed by atoms with Crippen LogP contribution in [0.1, 0.15) is 29.7 Å². The van der Waals surface area contributed by atoms with Gasteiger partial charge in [-0.3, -0.25) is 14.6 Å². The van der Waals surface area contributed by atoms with E-state index in [4.69, 9.17) is 21.1 Å². The van der Waals surface area contributed by atoms with E-state index in [1.54, 1.807) is 62.0 Å². The Balaban J connectivity index is 1.83. The first-order valence-corrected chi connectivity index (χ1v) is 11.1. The Kier molecular flexibility index (Phi) is 6.84. The molecule has 174 valence electrons. The first-order chi connectivity index (χ1) is 16.4. The van der Waals surface area contributed by atoms with Gasteiger partial charge in [0.05, 0.1) is 30.4 Å². The molecule has 1 aliphatic rings. The van der Waals surface area contributed by atoms with E-state index in [2.05, 4.69) is 4.98 Å². The van der Waals surface area contributed by atoms with Crippen molar-refractivity contribution in [2.45, 2.75) is 19.5 Å². The van der Waals surface area contributed by atoms with Crippen LogP contribution in [0.2, 0.25) is 5.02 Å². The summed E-state index contributed by atoms with van der Waals surface area (Å²) in [7, 11) is 1.55. The summed E-state index contributed by atoms with van der Waals surface area (Å²) in [5.74, 6) is -0.691. The summed E-state index contributed by atoms with van der Waals surface area (Å²) < 4.78 is 10.7. The number of halogens is 1. The number of carbonyl (C=O) groups is 2. The first-order valence-electron chi connectivity index (χ1n) is 10.7. The number of likely N-dealkylation sites (tertiary alicyclic amines) is 1. The highest BCUT2D eigenvalue weighted by molar-refractivity contribution is 6.46. The Morgan fingerprint density at radius 3 is 2.53 bits per heavy atom. The number of ether oxygens (including phenoxy) is 2. The molecule has 0 aliphatic carbocycles. The number of aromatic nitrogens is 1. The zero-order valence-corrected chi connectivity index (χ0v) is 19.5. The number of aliphatic hydroxyl groups is 1. The summed E-state index contributed by atoms with van der Waals surface area (Å²) in [6.45, 7) is 2.42. The number of methoxy groups -OCH3 is 1. The standard InChI is InChI=1S/C26H23ClN2O5/c1-3-34-21-11-8-18(13-20(21)27)24(30)22-23(17-6-9-19(33-2)10-7-17)29(26(32)25(22)31)15-16-5-4-12-28-14-16/h4-14,23,30H,3,15H2,1-2H3/t23-/m1/s1. The molecule has 2 heterocycles. The molecule has 1 atom stereocenters. The maximum Gasteiger partial charge on any atom is 0.295 e. The Morgan fingerprint density at radius 1 is 1.15 bits per heavy atom. The summed E-state index contributed by atoms with van der Waals surface area (Å²) in [6.07, 6.45) is 3.27. The van der Waals surface area contributed by atoms with Crippen LogP contribution in [0.5, 0.6) is 11.5 Å². The van der Waals surface area contributed by atoms with Gasteiger partial charge in [-0.15, -0.1) is 0 Å². The Labute approximate surface area is 202 Å². The first kappa shape index (κ1) is 23.3. The molecular formula is C26H23ClN2O5. The highest BCUT2D eigenvalue weighted by Crippen LogP contribution is 2.41. The third-order valence-corrected chi connectivity index (χ3v) is 5.85. The molecule has 1 aromatic heterocycles. The van der Waals surface area contributed by atoms with E-state index in [0.717, 1.165) is 5.56 Å². The third-order valence-electron chi connectivity index (χ3n) is 5.55. The number of amides is 1. The van der Waals surface area contributed by atoms with E-state index < -0.39 is 17.7 Å². The number of aliphatic hydroxyl groups excluding tert-OH is 1. The molecule has 2 aromatic carbocycles. The molecule has 4 rings (SSSR count). The Morgan fingerprint density at radius 2 is 1.91 bits per heavy atom. The van der Waals surface area contributed by atoms with Crippen molar-refractivity contribution in [3.63, 3.8) is 0 Å². The van der Waals surface area contributed by atoms with E-state index in [1.165, 1.54) is 11.0 Å². The number of Topliss-reactive ketones (excluding diaryl/α,β-unsaturated/α-hetero) is 1. The lowest BCUT2D eigenvalue weighted by atomic mass is 9.95. The maximum atomic E-state index is 13.2. The van der Waals surface area contributed by atoms with E-state index in [1.807, 2.05) is 13.0 Å². The molecule has 0 radical (unpaired) electrons.